The Morgan fingerprint density at radius 2 is 1.77 bits per heavy atom. The van der Waals surface area contributed by atoms with Crippen molar-refractivity contribution in [3.8, 4) is 0 Å². The molecular formula is C22H29ClN2O6. The van der Waals surface area contributed by atoms with Crippen molar-refractivity contribution in [2.75, 3.05) is 33.0 Å². The quantitative estimate of drug-likeness (QED) is 0.342. The number of hydrogen-bond donors (Lipinski definition) is 1. The van der Waals surface area contributed by atoms with Crippen molar-refractivity contribution >= 4 is 35.0 Å². The molecule has 31 heavy (non-hydrogen) atoms. The first-order chi connectivity index (χ1) is 14.9. The minimum Gasteiger partial charge on any atom is -0.379 e. The molecule has 0 radical (unpaired) electrons. The molecule has 2 rings (SSSR count). The molecule has 8 nitrogen and oxygen atoms in total. The highest BCUT2D eigenvalue weighted by atomic mass is 35.5. The molecule has 2 amide bonds. The van der Waals surface area contributed by atoms with Gasteiger partial charge < -0.3 is 24.5 Å². The number of ether oxygens (including phenoxy) is 2. The monoisotopic (exact) mass is 452 g/mol. The Hall–Kier alpha value is -2.29. The highest BCUT2D eigenvalue weighted by Crippen LogP contribution is 2.23. The summed E-state index contributed by atoms with van der Waals surface area (Å²) in [6.07, 6.45) is 1.76. The number of nitrogens with one attached hydrogen (secondary N) is 1. The lowest BCUT2D eigenvalue weighted by molar-refractivity contribution is -0.143. The van der Waals surface area contributed by atoms with Crippen LogP contribution in [-0.2, 0) is 35.2 Å². The van der Waals surface area contributed by atoms with Crippen molar-refractivity contribution in [1.82, 2.24) is 10.2 Å². The SMILES string of the molecule is CC(=O)CCCOCCOCCNC(=O)C(=O)C1CCC(=O)N1Cc1ccc(Cl)cc1. The van der Waals surface area contributed by atoms with Crippen LogP contribution >= 0.6 is 11.6 Å². The second kappa shape index (κ2) is 13.2. The molecule has 1 N–H and O–H groups in total. The zero-order valence-corrected chi connectivity index (χ0v) is 18.5. The summed E-state index contributed by atoms with van der Waals surface area (Å²) < 4.78 is 10.7. The summed E-state index contributed by atoms with van der Waals surface area (Å²) in [7, 11) is 0. The lowest BCUT2D eigenvalue weighted by atomic mass is 10.1. The van der Waals surface area contributed by atoms with E-state index in [4.69, 9.17) is 21.1 Å². The van der Waals surface area contributed by atoms with E-state index in [0.717, 1.165) is 5.56 Å². The lowest BCUT2D eigenvalue weighted by Crippen LogP contribution is -2.46. The molecule has 1 aliphatic rings. The molecule has 1 aliphatic heterocycles. The number of rotatable bonds is 14. The maximum atomic E-state index is 12.5. The van der Waals surface area contributed by atoms with Gasteiger partial charge in [-0.1, -0.05) is 23.7 Å². The summed E-state index contributed by atoms with van der Waals surface area (Å²) in [5.41, 5.74) is 0.842. The maximum absolute atomic E-state index is 12.5. The molecule has 170 valence electrons. The summed E-state index contributed by atoms with van der Waals surface area (Å²) >= 11 is 5.88. The number of hydrogen-bond acceptors (Lipinski definition) is 6. The van der Waals surface area contributed by atoms with Crippen LogP contribution < -0.4 is 5.32 Å². The fraction of sp³-hybridized carbons (Fsp3) is 0.545. The van der Waals surface area contributed by atoms with E-state index in [2.05, 4.69) is 5.32 Å². The Bertz CT molecular complexity index is 768. The average Bonchev–Trinajstić information content (AvgIpc) is 3.10. The zero-order chi connectivity index (χ0) is 22.6. The number of Topliss-reactive ketones (excluding diaryl/α,β-unsaturated/α-hetero) is 2. The number of amides is 2. The number of nitrogens with zero attached hydrogens (tertiary/aromatic N) is 1. The number of carbonyl (C=O) groups excluding carboxylic acids is 4. The van der Waals surface area contributed by atoms with Gasteiger partial charge in [-0.05, 0) is 37.5 Å². The van der Waals surface area contributed by atoms with Crippen molar-refractivity contribution in [3.05, 3.63) is 34.9 Å². The summed E-state index contributed by atoms with van der Waals surface area (Å²) in [5.74, 6) is -1.34. The third kappa shape index (κ3) is 8.77. The van der Waals surface area contributed by atoms with Crippen LogP contribution in [0.1, 0.15) is 38.2 Å². The molecule has 1 fully saturated rings. The van der Waals surface area contributed by atoms with Crippen molar-refractivity contribution in [1.29, 1.82) is 0 Å². The van der Waals surface area contributed by atoms with Gasteiger partial charge in [-0.15, -0.1) is 0 Å². The average molecular weight is 453 g/mol. The molecule has 1 aromatic rings. The molecular weight excluding hydrogens is 424 g/mol. The molecule has 1 saturated heterocycles. The third-order valence-electron chi connectivity index (χ3n) is 4.84. The standard InChI is InChI=1S/C22H29ClN2O6/c1-16(26)3-2-11-30-13-14-31-12-10-24-22(29)21(28)19-8-9-20(27)25(19)15-17-4-6-18(23)7-5-17/h4-7,19H,2-3,8-15H2,1H3,(H,24,29). The topological polar surface area (TPSA) is 102 Å². The summed E-state index contributed by atoms with van der Waals surface area (Å²) in [4.78, 5) is 49.2. The van der Waals surface area contributed by atoms with Crippen molar-refractivity contribution < 1.29 is 28.7 Å². The van der Waals surface area contributed by atoms with Gasteiger partial charge in [0.1, 0.15) is 11.8 Å². The van der Waals surface area contributed by atoms with Crippen LogP contribution in [0.15, 0.2) is 24.3 Å². The minimum absolute atomic E-state index is 0.139. The number of likely N-dealkylation sites (tertiary alicyclic amines) is 1. The molecule has 9 heteroatoms. The van der Waals surface area contributed by atoms with E-state index < -0.39 is 17.7 Å². The molecule has 0 saturated carbocycles. The van der Waals surface area contributed by atoms with Crippen molar-refractivity contribution in [2.24, 2.45) is 0 Å². The predicted octanol–water partition coefficient (Wildman–Crippen LogP) is 1.92. The Morgan fingerprint density at radius 3 is 2.45 bits per heavy atom. The van der Waals surface area contributed by atoms with E-state index in [9.17, 15) is 19.2 Å². The van der Waals surface area contributed by atoms with Crippen LogP contribution in [-0.4, -0.2) is 67.3 Å². The van der Waals surface area contributed by atoms with Crippen molar-refractivity contribution in [3.63, 3.8) is 0 Å². The zero-order valence-electron chi connectivity index (χ0n) is 17.7. The van der Waals surface area contributed by atoms with E-state index >= 15 is 0 Å². The molecule has 0 spiro atoms. The Morgan fingerprint density at radius 1 is 1.10 bits per heavy atom. The number of carbonyl (C=O) groups is 4. The van der Waals surface area contributed by atoms with E-state index in [1.54, 1.807) is 31.2 Å². The summed E-state index contributed by atoms with van der Waals surface area (Å²) in [5, 5.41) is 3.13. The van der Waals surface area contributed by atoms with Crippen LogP contribution in [0, 0.1) is 0 Å². The molecule has 1 heterocycles. The molecule has 0 bridgehead atoms. The second-order valence-electron chi connectivity index (χ2n) is 7.35. The number of halogens is 1. The van der Waals surface area contributed by atoms with Gasteiger partial charge in [0.15, 0.2) is 0 Å². The first-order valence-corrected chi connectivity index (χ1v) is 10.8. The Kier molecular flexibility index (Phi) is 10.6. The van der Waals surface area contributed by atoms with Crippen LogP contribution in [0.2, 0.25) is 5.02 Å². The number of ketones is 2. The first-order valence-electron chi connectivity index (χ1n) is 10.4. The normalized spacial score (nSPS) is 15.9. The van der Waals surface area contributed by atoms with E-state index in [1.807, 2.05) is 0 Å². The van der Waals surface area contributed by atoms with Crippen LogP contribution in [0.3, 0.4) is 0 Å². The van der Waals surface area contributed by atoms with Gasteiger partial charge in [0.25, 0.3) is 5.91 Å². The third-order valence-corrected chi connectivity index (χ3v) is 5.09. The van der Waals surface area contributed by atoms with Gasteiger partial charge in [0, 0.05) is 37.6 Å². The van der Waals surface area contributed by atoms with Gasteiger partial charge in [-0.25, -0.2) is 0 Å². The van der Waals surface area contributed by atoms with Gasteiger partial charge in [-0.2, -0.15) is 0 Å². The van der Waals surface area contributed by atoms with Crippen LogP contribution in [0.25, 0.3) is 0 Å². The molecule has 1 atom stereocenters. The first kappa shape index (κ1) is 25.0. The van der Waals surface area contributed by atoms with Gasteiger partial charge in [0.2, 0.25) is 11.7 Å². The molecule has 1 aromatic carbocycles. The van der Waals surface area contributed by atoms with E-state index in [1.165, 1.54) is 4.90 Å². The fourth-order valence-corrected chi connectivity index (χ4v) is 3.34. The van der Waals surface area contributed by atoms with Crippen molar-refractivity contribution in [2.45, 2.75) is 45.2 Å². The maximum Gasteiger partial charge on any atom is 0.289 e. The Balaban J connectivity index is 1.66. The predicted molar refractivity (Wildman–Crippen MR) is 115 cm³/mol. The summed E-state index contributed by atoms with van der Waals surface area (Å²) in [6, 6.07) is 6.27. The smallest absolute Gasteiger partial charge is 0.289 e. The van der Waals surface area contributed by atoms with Crippen LogP contribution in [0.4, 0.5) is 0 Å². The Labute approximate surface area is 187 Å². The highest BCUT2D eigenvalue weighted by Gasteiger charge is 2.38. The largest absolute Gasteiger partial charge is 0.379 e. The second-order valence-corrected chi connectivity index (χ2v) is 7.79. The molecule has 0 aliphatic carbocycles. The van der Waals surface area contributed by atoms with E-state index in [-0.39, 0.29) is 37.8 Å². The minimum atomic E-state index is -0.757. The molecule has 1 unspecified atom stereocenters. The highest BCUT2D eigenvalue weighted by molar-refractivity contribution is 6.38. The van der Waals surface area contributed by atoms with E-state index in [0.29, 0.717) is 44.1 Å². The number of benzene rings is 1. The van der Waals surface area contributed by atoms with Gasteiger partial charge in [0.05, 0.1) is 19.8 Å². The van der Waals surface area contributed by atoms with Gasteiger partial charge >= 0.3 is 0 Å². The summed E-state index contributed by atoms with van der Waals surface area (Å²) in [6.45, 7) is 3.49. The van der Waals surface area contributed by atoms with Crippen LogP contribution in [0.5, 0.6) is 0 Å². The lowest BCUT2D eigenvalue weighted by Gasteiger charge is -2.23. The fourth-order valence-electron chi connectivity index (χ4n) is 3.21. The van der Waals surface area contributed by atoms with Gasteiger partial charge in [-0.3, -0.25) is 14.4 Å². The molecule has 0 aromatic heterocycles.